The van der Waals surface area contributed by atoms with Crippen LogP contribution in [0.2, 0.25) is 0 Å². The molecule has 12 heteroatoms. The highest BCUT2D eigenvalue weighted by Crippen LogP contribution is 2.43. The second-order valence-electron chi connectivity index (χ2n) is 17.7. The van der Waals surface area contributed by atoms with E-state index in [9.17, 15) is 28.9 Å². The van der Waals surface area contributed by atoms with Gasteiger partial charge in [0.1, 0.15) is 12.7 Å². The summed E-state index contributed by atoms with van der Waals surface area (Å²) in [6.45, 7) is 4.41. The Morgan fingerprint density at radius 2 is 0.765 bits per heavy atom. The van der Waals surface area contributed by atoms with E-state index in [1.807, 2.05) is 12.2 Å². The molecule has 0 aliphatic rings. The minimum absolute atomic E-state index is 0.0431. The van der Waals surface area contributed by atoms with Crippen LogP contribution in [0.15, 0.2) is 72.9 Å². The molecule has 0 fully saturated rings. The molecule has 0 aromatic rings. The summed E-state index contributed by atoms with van der Waals surface area (Å²) < 4.78 is 39.2. The van der Waals surface area contributed by atoms with Gasteiger partial charge in [-0.3, -0.25) is 23.4 Å². The van der Waals surface area contributed by atoms with Crippen molar-refractivity contribution in [3.05, 3.63) is 72.9 Å². The number of hydrogen-bond donors (Lipinski definition) is 2. The standard InChI is InChI=1S/C56H97O11P/c1-4-7-10-13-16-19-21-23-24-25-26-27-28-30-32-35-38-41-44-47-56(60)67-53(49-63-54(58)45-42-39-36-34-31-29-22-20-17-14-11-8-5-2)51-65-68(61,62)64-50-52(48-57)66-55(59)46-43-40-37-33-18-15-12-9-6-3/h7,10,16,19,23-24,26-27,30,32,38,41,52-53,57H,4-6,8-9,11-15,17-18,20-22,25,28-29,31,33-37,39-40,42-51H2,1-3H3,(H,61,62)/b10-7-,19-16-,24-23-,27-26-,32-30-,41-38-. The summed E-state index contributed by atoms with van der Waals surface area (Å²) in [5, 5.41) is 9.75. The maximum atomic E-state index is 12.8. The van der Waals surface area contributed by atoms with Crippen molar-refractivity contribution in [2.24, 2.45) is 0 Å². The summed E-state index contributed by atoms with van der Waals surface area (Å²) in [6, 6.07) is 0. The lowest BCUT2D eigenvalue weighted by Gasteiger charge is -2.21. The van der Waals surface area contributed by atoms with Gasteiger partial charge in [-0.05, 0) is 57.8 Å². The topological polar surface area (TPSA) is 155 Å². The third-order valence-electron chi connectivity index (χ3n) is 11.2. The van der Waals surface area contributed by atoms with Gasteiger partial charge in [0.2, 0.25) is 0 Å². The fourth-order valence-electron chi connectivity index (χ4n) is 7.09. The van der Waals surface area contributed by atoms with E-state index in [1.165, 1.54) is 89.9 Å². The van der Waals surface area contributed by atoms with Crippen molar-refractivity contribution in [1.82, 2.24) is 0 Å². The van der Waals surface area contributed by atoms with E-state index in [2.05, 4.69) is 81.5 Å². The van der Waals surface area contributed by atoms with E-state index in [0.29, 0.717) is 19.3 Å². The Balaban J connectivity index is 4.85. The molecular formula is C56H97O11P. The molecule has 0 aromatic heterocycles. The van der Waals surface area contributed by atoms with Crippen molar-refractivity contribution in [3.8, 4) is 0 Å². The summed E-state index contributed by atoms with van der Waals surface area (Å²) in [4.78, 5) is 48.2. The number of carbonyl (C=O) groups is 3. The minimum Gasteiger partial charge on any atom is -0.462 e. The highest BCUT2D eigenvalue weighted by atomic mass is 31.2. The van der Waals surface area contributed by atoms with Gasteiger partial charge in [-0.1, -0.05) is 222 Å². The highest BCUT2D eigenvalue weighted by Gasteiger charge is 2.28. The Hall–Kier alpha value is -3.08. The number of hydrogen-bond acceptors (Lipinski definition) is 10. The Bertz CT molecular complexity index is 1420. The number of carbonyl (C=O) groups excluding carboxylic acids is 3. The number of rotatable bonds is 49. The number of phosphoric acid groups is 1. The van der Waals surface area contributed by atoms with Gasteiger partial charge in [0, 0.05) is 19.3 Å². The zero-order chi connectivity index (χ0) is 49.9. The predicted octanol–water partition coefficient (Wildman–Crippen LogP) is 15.4. The molecule has 0 amide bonds. The Morgan fingerprint density at radius 1 is 0.426 bits per heavy atom. The quantitative estimate of drug-likeness (QED) is 0.0197. The summed E-state index contributed by atoms with van der Waals surface area (Å²) in [7, 11) is -4.76. The number of aliphatic hydroxyl groups is 1. The van der Waals surface area contributed by atoms with Crippen molar-refractivity contribution >= 4 is 25.7 Å². The Kier molecular flexibility index (Phi) is 48.0. The molecule has 2 N–H and O–H groups in total. The number of ether oxygens (including phenoxy) is 3. The number of esters is 3. The highest BCUT2D eigenvalue weighted by molar-refractivity contribution is 7.47. The van der Waals surface area contributed by atoms with Crippen molar-refractivity contribution in [3.63, 3.8) is 0 Å². The lowest BCUT2D eigenvalue weighted by Crippen LogP contribution is -2.30. The molecule has 0 saturated heterocycles. The first-order chi connectivity index (χ1) is 33.2. The van der Waals surface area contributed by atoms with Gasteiger partial charge in [0.15, 0.2) is 6.10 Å². The molecule has 0 heterocycles. The molecule has 3 unspecified atom stereocenters. The molecule has 0 saturated carbocycles. The first kappa shape index (κ1) is 64.9. The van der Waals surface area contributed by atoms with Crippen molar-refractivity contribution in [2.75, 3.05) is 26.4 Å². The van der Waals surface area contributed by atoms with Crippen molar-refractivity contribution < 1.29 is 52.2 Å². The zero-order valence-electron chi connectivity index (χ0n) is 43.1. The zero-order valence-corrected chi connectivity index (χ0v) is 43.9. The average Bonchev–Trinajstić information content (AvgIpc) is 3.32. The predicted molar refractivity (Wildman–Crippen MR) is 279 cm³/mol. The summed E-state index contributed by atoms with van der Waals surface area (Å²) >= 11 is 0. The van der Waals surface area contributed by atoms with Crippen LogP contribution < -0.4 is 0 Å². The maximum absolute atomic E-state index is 12.8. The van der Waals surface area contributed by atoms with Crippen LogP contribution in [0, 0.1) is 0 Å². The molecule has 11 nitrogen and oxygen atoms in total. The Morgan fingerprint density at radius 3 is 1.18 bits per heavy atom. The molecule has 0 radical (unpaired) electrons. The van der Waals surface area contributed by atoms with Gasteiger partial charge >= 0.3 is 25.7 Å². The lowest BCUT2D eigenvalue weighted by molar-refractivity contribution is -0.161. The molecule has 392 valence electrons. The second kappa shape index (κ2) is 50.3. The number of unbranched alkanes of at least 4 members (excludes halogenated alkanes) is 20. The van der Waals surface area contributed by atoms with Crippen molar-refractivity contribution in [1.29, 1.82) is 0 Å². The maximum Gasteiger partial charge on any atom is 0.472 e. The largest absolute Gasteiger partial charge is 0.472 e. The molecule has 0 aromatic carbocycles. The van der Waals surface area contributed by atoms with Crippen LogP contribution in [-0.4, -0.2) is 66.5 Å². The Labute approximate surface area is 414 Å². The van der Waals surface area contributed by atoms with Gasteiger partial charge in [0.05, 0.1) is 19.8 Å². The van der Waals surface area contributed by atoms with Gasteiger partial charge in [0.25, 0.3) is 0 Å². The molecular weight excluding hydrogens is 880 g/mol. The van der Waals surface area contributed by atoms with Crippen LogP contribution in [0.4, 0.5) is 0 Å². The molecule has 3 atom stereocenters. The monoisotopic (exact) mass is 977 g/mol. The smallest absolute Gasteiger partial charge is 0.462 e. The van der Waals surface area contributed by atoms with Crippen molar-refractivity contribution in [2.45, 2.75) is 238 Å². The van der Waals surface area contributed by atoms with Gasteiger partial charge in [-0.15, -0.1) is 0 Å². The first-order valence-corrected chi connectivity index (χ1v) is 28.3. The van der Waals surface area contributed by atoms with Gasteiger partial charge in [-0.2, -0.15) is 0 Å². The summed E-state index contributed by atoms with van der Waals surface area (Å²) in [5.41, 5.74) is 0. The van der Waals surface area contributed by atoms with Crippen LogP contribution in [0.5, 0.6) is 0 Å². The SMILES string of the molecule is CC/C=C\C/C=C\C/C=C\C/C=C\C/C=C\C/C=C\CCC(=O)OC(COC(=O)CCCCCCCCCCCCCCC)COP(=O)(O)OCC(CO)OC(=O)CCCCCCCCCCC. The number of aliphatic hydroxyl groups excluding tert-OH is 1. The van der Waals surface area contributed by atoms with E-state index in [4.69, 9.17) is 23.3 Å². The lowest BCUT2D eigenvalue weighted by atomic mass is 10.0. The van der Waals surface area contributed by atoms with Crippen LogP contribution >= 0.6 is 7.82 Å². The second-order valence-corrected chi connectivity index (χ2v) is 19.1. The molecule has 0 aliphatic heterocycles. The molecule has 0 spiro atoms. The van der Waals surface area contributed by atoms with Crippen LogP contribution in [0.1, 0.15) is 226 Å². The fourth-order valence-corrected chi connectivity index (χ4v) is 7.87. The molecule has 0 aliphatic carbocycles. The van der Waals surface area contributed by atoms with Crippen LogP contribution in [-0.2, 0) is 42.2 Å². The third-order valence-corrected chi connectivity index (χ3v) is 12.1. The minimum atomic E-state index is -4.76. The van der Waals surface area contributed by atoms with E-state index < -0.39 is 57.8 Å². The summed E-state index contributed by atoms with van der Waals surface area (Å²) in [5.74, 6) is -1.56. The van der Waals surface area contributed by atoms with Gasteiger partial charge < -0.3 is 24.2 Å². The van der Waals surface area contributed by atoms with E-state index in [0.717, 1.165) is 77.0 Å². The normalized spacial score (nSPS) is 14.0. The average molecular weight is 977 g/mol. The van der Waals surface area contributed by atoms with Crippen LogP contribution in [0.25, 0.3) is 0 Å². The first-order valence-electron chi connectivity index (χ1n) is 26.8. The van der Waals surface area contributed by atoms with Gasteiger partial charge in [-0.25, -0.2) is 4.57 Å². The van der Waals surface area contributed by atoms with E-state index in [-0.39, 0.29) is 25.9 Å². The number of phosphoric ester groups is 1. The molecule has 0 bridgehead atoms. The van der Waals surface area contributed by atoms with E-state index >= 15 is 0 Å². The number of allylic oxidation sites excluding steroid dienone is 12. The summed E-state index contributed by atoms with van der Waals surface area (Å²) in [6.07, 6.45) is 54.6. The fraction of sp³-hybridized carbons (Fsp3) is 0.732. The molecule has 68 heavy (non-hydrogen) atoms. The third kappa shape index (κ3) is 48.0. The van der Waals surface area contributed by atoms with Crippen LogP contribution in [0.3, 0.4) is 0 Å². The van der Waals surface area contributed by atoms with E-state index in [1.54, 1.807) is 0 Å². The molecule has 0 rings (SSSR count).